The Morgan fingerprint density at radius 2 is 2.08 bits per heavy atom. The molecular formula is C18H24N4O2. The average molecular weight is 328 g/mol. The quantitative estimate of drug-likeness (QED) is 0.501. The molecule has 1 aromatic carbocycles. The van der Waals surface area contributed by atoms with E-state index >= 15 is 0 Å². The lowest BCUT2D eigenvalue weighted by atomic mass is 10.2. The summed E-state index contributed by atoms with van der Waals surface area (Å²) in [5.74, 6) is 1.42. The molecule has 0 radical (unpaired) electrons. The van der Waals surface area contributed by atoms with Gasteiger partial charge in [0.15, 0.2) is 5.96 Å². The first-order valence-corrected chi connectivity index (χ1v) is 7.79. The topological polar surface area (TPSA) is 61.1 Å². The molecule has 2 aromatic rings. The largest absolute Gasteiger partial charge is 0.459 e. The van der Waals surface area contributed by atoms with E-state index in [2.05, 4.69) is 16.9 Å². The van der Waals surface area contributed by atoms with Crippen molar-refractivity contribution in [1.82, 2.24) is 15.1 Å². The van der Waals surface area contributed by atoms with E-state index in [1.54, 1.807) is 20.2 Å². The van der Waals surface area contributed by atoms with Crippen LogP contribution in [0, 0.1) is 0 Å². The average Bonchev–Trinajstić information content (AvgIpc) is 2.96. The monoisotopic (exact) mass is 328 g/mol. The number of hydrogen-bond donors (Lipinski definition) is 1. The van der Waals surface area contributed by atoms with Crippen LogP contribution in [0.25, 0.3) is 11.0 Å². The number of fused-ring (bicyclic) bond motifs is 1. The SMILES string of the molecule is C=CCNC(=NCC(=O)N(C)C)N(C)Cc1cc2ccccc2o1. The van der Waals surface area contributed by atoms with Gasteiger partial charge in [0.25, 0.3) is 0 Å². The molecule has 0 saturated carbocycles. The highest BCUT2D eigenvalue weighted by molar-refractivity contribution is 5.85. The first kappa shape index (κ1) is 17.6. The zero-order chi connectivity index (χ0) is 17.5. The fourth-order valence-electron chi connectivity index (χ4n) is 2.18. The summed E-state index contributed by atoms with van der Waals surface area (Å²) in [7, 11) is 5.34. The number of nitrogens with one attached hydrogen (secondary N) is 1. The molecule has 2 rings (SSSR count). The Morgan fingerprint density at radius 1 is 1.33 bits per heavy atom. The van der Waals surface area contributed by atoms with E-state index in [1.165, 1.54) is 4.90 Å². The first-order valence-electron chi connectivity index (χ1n) is 7.79. The number of rotatable bonds is 6. The van der Waals surface area contributed by atoms with Gasteiger partial charge in [-0.1, -0.05) is 24.3 Å². The van der Waals surface area contributed by atoms with Crippen LogP contribution in [-0.4, -0.2) is 55.9 Å². The Bertz CT molecular complexity index is 700. The molecule has 0 spiro atoms. The fraction of sp³-hybridized carbons (Fsp3) is 0.333. The Balaban J connectivity index is 2.10. The van der Waals surface area contributed by atoms with Crippen LogP contribution in [0.5, 0.6) is 0 Å². The van der Waals surface area contributed by atoms with E-state index in [1.807, 2.05) is 42.3 Å². The van der Waals surface area contributed by atoms with Crippen molar-refractivity contribution in [3.05, 3.63) is 48.7 Å². The van der Waals surface area contributed by atoms with Crippen molar-refractivity contribution in [3.63, 3.8) is 0 Å². The molecule has 0 unspecified atom stereocenters. The maximum Gasteiger partial charge on any atom is 0.243 e. The second kappa shape index (κ2) is 8.19. The molecule has 0 aliphatic rings. The summed E-state index contributed by atoms with van der Waals surface area (Å²) in [4.78, 5) is 19.6. The Kier molecular flexibility index (Phi) is 6.01. The van der Waals surface area contributed by atoms with Crippen molar-refractivity contribution >= 4 is 22.8 Å². The summed E-state index contributed by atoms with van der Waals surface area (Å²) in [6.45, 7) is 4.91. The van der Waals surface area contributed by atoms with Crippen molar-refractivity contribution in [2.75, 3.05) is 34.2 Å². The van der Waals surface area contributed by atoms with E-state index in [0.717, 1.165) is 16.7 Å². The summed E-state index contributed by atoms with van der Waals surface area (Å²) >= 11 is 0. The molecule has 128 valence electrons. The minimum atomic E-state index is -0.0509. The molecule has 1 N–H and O–H groups in total. The van der Waals surface area contributed by atoms with Crippen molar-refractivity contribution in [2.24, 2.45) is 4.99 Å². The molecule has 0 saturated heterocycles. The third kappa shape index (κ3) is 4.62. The van der Waals surface area contributed by atoms with Crippen LogP contribution in [0.2, 0.25) is 0 Å². The minimum Gasteiger partial charge on any atom is -0.459 e. The maximum atomic E-state index is 11.8. The van der Waals surface area contributed by atoms with Gasteiger partial charge in [0, 0.05) is 33.1 Å². The number of benzene rings is 1. The van der Waals surface area contributed by atoms with Gasteiger partial charge in [-0.15, -0.1) is 6.58 Å². The van der Waals surface area contributed by atoms with E-state index < -0.39 is 0 Å². The van der Waals surface area contributed by atoms with Gasteiger partial charge in [0.1, 0.15) is 17.9 Å². The van der Waals surface area contributed by atoms with Crippen LogP contribution in [0.1, 0.15) is 5.76 Å². The number of likely N-dealkylation sites (N-methyl/N-ethyl adjacent to an activating group) is 1. The van der Waals surface area contributed by atoms with Gasteiger partial charge in [0.05, 0.1) is 6.54 Å². The second-order valence-corrected chi connectivity index (χ2v) is 5.70. The molecule has 0 atom stereocenters. The number of hydrogen-bond acceptors (Lipinski definition) is 3. The molecule has 0 aliphatic carbocycles. The molecule has 6 nitrogen and oxygen atoms in total. The summed E-state index contributed by atoms with van der Waals surface area (Å²) < 4.78 is 5.84. The first-order chi connectivity index (χ1) is 11.5. The molecule has 24 heavy (non-hydrogen) atoms. The van der Waals surface area contributed by atoms with Crippen molar-refractivity contribution < 1.29 is 9.21 Å². The van der Waals surface area contributed by atoms with Gasteiger partial charge >= 0.3 is 0 Å². The predicted molar refractivity (Wildman–Crippen MR) is 96.9 cm³/mol. The number of nitrogens with zero attached hydrogens (tertiary/aromatic N) is 3. The van der Waals surface area contributed by atoms with Gasteiger partial charge < -0.3 is 19.5 Å². The van der Waals surface area contributed by atoms with Gasteiger partial charge in [-0.3, -0.25) is 4.79 Å². The lowest BCUT2D eigenvalue weighted by molar-refractivity contribution is -0.127. The summed E-state index contributed by atoms with van der Waals surface area (Å²) in [6.07, 6.45) is 1.75. The normalized spacial score (nSPS) is 11.4. The number of carbonyl (C=O) groups is 1. The third-order valence-electron chi connectivity index (χ3n) is 3.50. The number of guanidine groups is 1. The van der Waals surface area contributed by atoms with E-state index in [-0.39, 0.29) is 12.5 Å². The zero-order valence-corrected chi connectivity index (χ0v) is 14.5. The van der Waals surface area contributed by atoms with Crippen LogP contribution in [0.15, 0.2) is 52.4 Å². The standard InChI is InChI=1S/C18H24N4O2/c1-5-10-19-18(20-12-17(23)21(2)3)22(4)13-15-11-14-8-6-7-9-16(14)24-15/h5-9,11H,1,10,12-13H2,2-4H3,(H,19,20). The third-order valence-corrected chi connectivity index (χ3v) is 3.50. The van der Waals surface area contributed by atoms with E-state index in [0.29, 0.717) is 19.0 Å². The van der Waals surface area contributed by atoms with E-state index in [9.17, 15) is 4.79 Å². The van der Waals surface area contributed by atoms with Crippen LogP contribution < -0.4 is 5.32 Å². The van der Waals surface area contributed by atoms with Crippen LogP contribution in [0.3, 0.4) is 0 Å². The number of carbonyl (C=O) groups excluding carboxylic acids is 1. The van der Waals surface area contributed by atoms with Crippen LogP contribution >= 0.6 is 0 Å². The maximum absolute atomic E-state index is 11.8. The van der Waals surface area contributed by atoms with Crippen molar-refractivity contribution in [3.8, 4) is 0 Å². The minimum absolute atomic E-state index is 0.0509. The molecule has 1 amide bonds. The highest BCUT2D eigenvalue weighted by Gasteiger charge is 2.11. The molecule has 1 aromatic heterocycles. The number of furan rings is 1. The Morgan fingerprint density at radius 3 is 2.75 bits per heavy atom. The van der Waals surface area contributed by atoms with Gasteiger partial charge in [-0.2, -0.15) is 0 Å². The lowest BCUT2D eigenvalue weighted by Crippen LogP contribution is -2.39. The lowest BCUT2D eigenvalue weighted by Gasteiger charge is -2.21. The van der Waals surface area contributed by atoms with Gasteiger partial charge in [-0.05, 0) is 12.1 Å². The molecule has 0 aliphatic heterocycles. The summed E-state index contributed by atoms with van der Waals surface area (Å²) in [5.41, 5.74) is 0.862. The van der Waals surface area contributed by atoms with Crippen molar-refractivity contribution in [2.45, 2.75) is 6.54 Å². The number of para-hydroxylation sites is 1. The Hall–Kier alpha value is -2.76. The fourth-order valence-corrected chi connectivity index (χ4v) is 2.18. The van der Waals surface area contributed by atoms with Crippen LogP contribution in [-0.2, 0) is 11.3 Å². The summed E-state index contributed by atoms with van der Waals surface area (Å²) in [6, 6.07) is 9.91. The molecule has 0 fully saturated rings. The van der Waals surface area contributed by atoms with E-state index in [4.69, 9.17) is 4.42 Å². The van der Waals surface area contributed by atoms with Gasteiger partial charge in [0.2, 0.25) is 5.91 Å². The van der Waals surface area contributed by atoms with Crippen LogP contribution in [0.4, 0.5) is 0 Å². The highest BCUT2D eigenvalue weighted by Crippen LogP contribution is 2.19. The smallest absolute Gasteiger partial charge is 0.243 e. The molecule has 6 heteroatoms. The predicted octanol–water partition coefficient (Wildman–Crippen LogP) is 2.08. The second-order valence-electron chi connectivity index (χ2n) is 5.70. The summed E-state index contributed by atoms with van der Waals surface area (Å²) in [5, 5.41) is 4.23. The van der Waals surface area contributed by atoms with Crippen molar-refractivity contribution in [1.29, 1.82) is 0 Å². The zero-order valence-electron chi connectivity index (χ0n) is 14.5. The molecular weight excluding hydrogens is 304 g/mol. The molecule has 1 heterocycles. The number of amides is 1. The van der Waals surface area contributed by atoms with Gasteiger partial charge in [-0.25, -0.2) is 4.99 Å². The highest BCUT2D eigenvalue weighted by atomic mass is 16.3. The Labute approximate surface area is 142 Å². The molecule has 0 bridgehead atoms. The number of aliphatic imine (C=N–C) groups is 1.